The molecule has 0 radical (unpaired) electrons. The lowest BCUT2D eigenvalue weighted by atomic mass is 10.2. The number of amides is 2. The van der Waals surface area contributed by atoms with Crippen molar-refractivity contribution in [1.29, 1.82) is 0 Å². The molecule has 2 rings (SSSR count). The highest BCUT2D eigenvalue weighted by molar-refractivity contribution is 8.14. The zero-order valence-electron chi connectivity index (χ0n) is 7.71. The Morgan fingerprint density at radius 2 is 2.43 bits per heavy atom. The topological polar surface area (TPSA) is 70.2 Å². The highest BCUT2D eigenvalue weighted by Crippen LogP contribution is 2.13. The molecule has 0 saturated carbocycles. The second-order valence-electron chi connectivity index (χ2n) is 3.49. The first-order valence-electron chi connectivity index (χ1n) is 4.70. The van der Waals surface area contributed by atoms with E-state index in [0.717, 1.165) is 19.5 Å². The van der Waals surface area contributed by atoms with Crippen molar-refractivity contribution in [2.75, 3.05) is 18.8 Å². The highest BCUT2D eigenvalue weighted by atomic mass is 32.2. The smallest absolute Gasteiger partial charge is 0.279 e. The number of carbonyl (C=O) groups is 2. The van der Waals surface area contributed by atoms with Gasteiger partial charge in [-0.1, -0.05) is 11.8 Å². The second-order valence-corrected chi connectivity index (χ2v) is 4.49. The zero-order chi connectivity index (χ0) is 9.97. The van der Waals surface area contributed by atoms with Crippen molar-refractivity contribution in [3.63, 3.8) is 0 Å². The van der Waals surface area contributed by atoms with Gasteiger partial charge in [-0.05, 0) is 13.0 Å². The average molecular weight is 215 g/mol. The fourth-order valence-electron chi connectivity index (χ4n) is 1.61. The molecule has 2 aliphatic heterocycles. The molecule has 2 unspecified atom stereocenters. The average Bonchev–Trinajstić information content (AvgIpc) is 2.75. The Morgan fingerprint density at radius 3 is 3.00 bits per heavy atom. The Hall–Kier alpha value is -0.750. The lowest BCUT2D eigenvalue weighted by Gasteiger charge is -2.14. The van der Waals surface area contributed by atoms with Gasteiger partial charge in [-0.3, -0.25) is 9.59 Å². The normalized spacial score (nSPS) is 31.6. The number of nitrogens with one attached hydrogen (secondary N) is 3. The molecular formula is C8H13N3O2S. The summed E-state index contributed by atoms with van der Waals surface area (Å²) in [5.41, 5.74) is 0. The molecule has 78 valence electrons. The van der Waals surface area contributed by atoms with Crippen LogP contribution in [0, 0.1) is 0 Å². The van der Waals surface area contributed by atoms with Crippen LogP contribution < -0.4 is 16.0 Å². The summed E-state index contributed by atoms with van der Waals surface area (Å²) < 4.78 is 0. The van der Waals surface area contributed by atoms with Gasteiger partial charge >= 0.3 is 0 Å². The minimum Gasteiger partial charge on any atom is -0.350 e. The van der Waals surface area contributed by atoms with Crippen LogP contribution in [0.15, 0.2) is 0 Å². The summed E-state index contributed by atoms with van der Waals surface area (Å²) in [4.78, 5) is 22.4. The predicted molar refractivity (Wildman–Crippen MR) is 54.2 cm³/mol. The van der Waals surface area contributed by atoms with Crippen LogP contribution in [0.1, 0.15) is 6.42 Å². The van der Waals surface area contributed by atoms with Crippen molar-refractivity contribution < 1.29 is 9.59 Å². The van der Waals surface area contributed by atoms with Gasteiger partial charge in [-0.15, -0.1) is 0 Å². The van der Waals surface area contributed by atoms with Gasteiger partial charge in [0.05, 0.1) is 0 Å². The third-order valence-electron chi connectivity index (χ3n) is 2.40. The molecular weight excluding hydrogens is 202 g/mol. The third-order valence-corrected chi connectivity index (χ3v) is 3.28. The molecule has 0 aliphatic carbocycles. The van der Waals surface area contributed by atoms with E-state index in [1.807, 2.05) is 0 Å². The fourth-order valence-corrected chi connectivity index (χ4v) is 2.38. The molecule has 0 aromatic carbocycles. The molecule has 0 spiro atoms. The largest absolute Gasteiger partial charge is 0.350 e. The molecule has 3 N–H and O–H groups in total. The quantitative estimate of drug-likeness (QED) is 0.569. The molecule has 0 aromatic rings. The number of thioether (sulfide) groups is 1. The first-order valence-corrected chi connectivity index (χ1v) is 5.68. The Bertz CT molecular complexity index is 253. The van der Waals surface area contributed by atoms with Crippen LogP contribution in [0.3, 0.4) is 0 Å². The first-order chi connectivity index (χ1) is 6.75. The van der Waals surface area contributed by atoms with Crippen LogP contribution in [0.25, 0.3) is 0 Å². The maximum absolute atomic E-state index is 11.6. The molecule has 2 amide bonds. The van der Waals surface area contributed by atoms with Gasteiger partial charge in [0.1, 0.15) is 6.04 Å². The van der Waals surface area contributed by atoms with Gasteiger partial charge in [-0.2, -0.15) is 0 Å². The summed E-state index contributed by atoms with van der Waals surface area (Å²) in [6.07, 6.45) is 0.972. The van der Waals surface area contributed by atoms with Crippen LogP contribution in [0.2, 0.25) is 0 Å². The Labute approximate surface area is 86.4 Å². The Morgan fingerprint density at radius 1 is 1.57 bits per heavy atom. The third kappa shape index (κ3) is 2.19. The molecule has 2 saturated heterocycles. The highest BCUT2D eigenvalue weighted by Gasteiger charge is 2.29. The first kappa shape index (κ1) is 9.79. The van der Waals surface area contributed by atoms with E-state index < -0.39 is 0 Å². The fraction of sp³-hybridized carbons (Fsp3) is 0.750. The van der Waals surface area contributed by atoms with Crippen LogP contribution in [0.5, 0.6) is 0 Å². The summed E-state index contributed by atoms with van der Waals surface area (Å²) in [5.74, 6) is 0.488. The lowest BCUT2D eigenvalue weighted by molar-refractivity contribution is -0.122. The minimum absolute atomic E-state index is 0.0583. The van der Waals surface area contributed by atoms with Crippen molar-refractivity contribution in [1.82, 2.24) is 16.0 Å². The van der Waals surface area contributed by atoms with Crippen LogP contribution in [0.4, 0.5) is 4.79 Å². The standard InChI is InChI=1S/C8H13N3O2S/c12-7(6-4-14-8(13)11-6)10-5-1-2-9-3-5/h5-6,9H,1-4H2,(H,10,12)(H,11,13). The maximum atomic E-state index is 11.6. The molecule has 5 nitrogen and oxygen atoms in total. The van der Waals surface area contributed by atoms with Crippen LogP contribution in [-0.4, -0.2) is 42.1 Å². The van der Waals surface area contributed by atoms with E-state index in [2.05, 4.69) is 16.0 Å². The summed E-state index contributed by atoms with van der Waals surface area (Å²) >= 11 is 1.17. The van der Waals surface area contributed by atoms with E-state index in [1.165, 1.54) is 11.8 Å². The van der Waals surface area contributed by atoms with Gasteiger partial charge in [0.15, 0.2) is 0 Å². The zero-order valence-corrected chi connectivity index (χ0v) is 8.52. The number of hydrogen-bond acceptors (Lipinski definition) is 4. The van der Waals surface area contributed by atoms with Crippen LogP contribution in [-0.2, 0) is 4.79 Å². The molecule has 6 heteroatoms. The molecule has 2 heterocycles. The summed E-state index contributed by atoms with van der Waals surface area (Å²) in [7, 11) is 0. The van der Waals surface area contributed by atoms with E-state index in [1.54, 1.807) is 0 Å². The number of hydrogen-bond donors (Lipinski definition) is 3. The molecule has 2 atom stereocenters. The van der Waals surface area contributed by atoms with E-state index in [9.17, 15) is 9.59 Å². The van der Waals surface area contributed by atoms with Crippen molar-refractivity contribution in [3.8, 4) is 0 Å². The van der Waals surface area contributed by atoms with Gasteiger partial charge in [0, 0.05) is 18.3 Å². The minimum atomic E-state index is -0.340. The second kappa shape index (κ2) is 4.18. The van der Waals surface area contributed by atoms with Gasteiger partial charge in [0.2, 0.25) is 5.91 Å². The SMILES string of the molecule is O=C1NC(C(=O)NC2CCNC2)CS1. The summed E-state index contributed by atoms with van der Waals surface area (Å²) in [6.45, 7) is 1.79. The molecule has 2 fully saturated rings. The number of rotatable bonds is 2. The maximum Gasteiger partial charge on any atom is 0.279 e. The Balaban J connectivity index is 1.80. The van der Waals surface area contributed by atoms with E-state index in [4.69, 9.17) is 0 Å². The van der Waals surface area contributed by atoms with Crippen molar-refractivity contribution in [2.45, 2.75) is 18.5 Å². The Kier molecular flexibility index (Phi) is 2.93. The van der Waals surface area contributed by atoms with Gasteiger partial charge in [0.25, 0.3) is 5.24 Å². The van der Waals surface area contributed by atoms with Crippen molar-refractivity contribution in [2.24, 2.45) is 0 Å². The molecule has 0 bridgehead atoms. The lowest BCUT2D eigenvalue weighted by Crippen LogP contribution is -2.47. The predicted octanol–water partition coefficient (Wildman–Crippen LogP) is -0.710. The van der Waals surface area contributed by atoms with Crippen LogP contribution >= 0.6 is 11.8 Å². The van der Waals surface area contributed by atoms with E-state index in [-0.39, 0.29) is 23.2 Å². The monoisotopic (exact) mass is 215 g/mol. The van der Waals surface area contributed by atoms with E-state index >= 15 is 0 Å². The molecule has 2 aliphatic rings. The van der Waals surface area contributed by atoms with Gasteiger partial charge < -0.3 is 16.0 Å². The van der Waals surface area contributed by atoms with Crippen molar-refractivity contribution in [3.05, 3.63) is 0 Å². The summed E-state index contributed by atoms with van der Waals surface area (Å²) in [5, 5.41) is 8.60. The molecule has 0 aromatic heterocycles. The number of carbonyl (C=O) groups excluding carboxylic acids is 2. The van der Waals surface area contributed by atoms with Crippen molar-refractivity contribution >= 4 is 22.9 Å². The summed E-state index contributed by atoms with van der Waals surface area (Å²) in [6, 6.07) is -0.113. The van der Waals surface area contributed by atoms with Gasteiger partial charge in [-0.25, -0.2) is 0 Å². The molecule has 14 heavy (non-hydrogen) atoms. The van der Waals surface area contributed by atoms with E-state index in [0.29, 0.717) is 5.75 Å².